The number of nitrogens with one attached hydrogen (secondary N) is 1. The van der Waals surface area contributed by atoms with Crippen LogP contribution in [0.2, 0.25) is 0 Å². The Kier molecular flexibility index (Phi) is 4.66. The SMILES string of the molecule is CCC(O)CNC(=O)C(C)(N)c1ccccc1. The molecule has 1 aromatic carbocycles. The van der Waals surface area contributed by atoms with Crippen LogP contribution >= 0.6 is 0 Å². The fourth-order valence-electron chi connectivity index (χ4n) is 1.45. The monoisotopic (exact) mass is 236 g/mol. The molecule has 0 aliphatic heterocycles. The molecule has 0 spiro atoms. The molecule has 4 N–H and O–H groups in total. The topological polar surface area (TPSA) is 75.3 Å². The number of hydrogen-bond donors (Lipinski definition) is 3. The van der Waals surface area contributed by atoms with E-state index < -0.39 is 11.6 Å². The maximum Gasteiger partial charge on any atom is 0.244 e. The molecule has 1 rings (SSSR count). The lowest BCUT2D eigenvalue weighted by Gasteiger charge is -2.24. The summed E-state index contributed by atoms with van der Waals surface area (Å²) in [5, 5.41) is 12.0. The minimum Gasteiger partial charge on any atom is -0.391 e. The molecule has 2 unspecified atom stereocenters. The molecule has 1 amide bonds. The Morgan fingerprint density at radius 1 is 1.47 bits per heavy atom. The molecule has 1 aromatic rings. The molecule has 0 fully saturated rings. The Balaban J connectivity index is 2.67. The molecule has 0 radical (unpaired) electrons. The number of nitrogens with two attached hydrogens (primary N) is 1. The van der Waals surface area contributed by atoms with Crippen molar-refractivity contribution in [1.29, 1.82) is 0 Å². The molecule has 0 saturated carbocycles. The van der Waals surface area contributed by atoms with E-state index in [2.05, 4.69) is 5.32 Å². The Morgan fingerprint density at radius 3 is 2.59 bits per heavy atom. The highest BCUT2D eigenvalue weighted by atomic mass is 16.3. The van der Waals surface area contributed by atoms with Gasteiger partial charge in [-0.2, -0.15) is 0 Å². The van der Waals surface area contributed by atoms with Crippen molar-refractivity contribution in [2.75, 3.05) is 6.54 Å². The Bertz CT molecular complexity index is 363. The van der Waals surface area contributed by atoms with Crippen LogP contribution in [0.25, 0.3) is 0 Å². The summed E-state index contributed by atoms with van der Waals surface area (Å²) in [6.45, 7) is 3.75. The molecule has 0 aliphatic rings. The van der Waals surface area contributed by atoms with Gasteiger partial charge in [0.05, 0.1) is 6.10 Å². The van der Waals surface area contributed by atoms with Crippen molar-refractivity contribution in [3.05, 3.63) is 35.9 Å². The van der Waals surface area contributed by atoms with Crippen LogP contribution in [0.1, 0.15) is 25.8 Å². The third-order valence-electron chi connectivity index (χ3n) is 2.81. The first kappa shape index (κ1) is 13.7. The molecule has 0 heterocycles. The first-order chi connectivity index (χ1) is 7.98. The van der Waals surface area contributed by atoms with Crippen LogP contribution in [0.4, 0.5) is 0 Å². The molecule has 4 nitrogen and oxygen atoms in total. The summed E-state index contributed by atoms with van der Waals surface area (Å²) >= 11 is 0. The van der Waals surface area contributed by atoms with Crippen molar-refractivity contribution in [2.24, 2.45) is 5.73 Å². The Labute approximate surface area is 102 Å². The van der Waals surface area contributed by atoms with E-state index in [1.165, 1.54) is 0 Å². The quantitative estimate of drug-likeness (QED) is 0.706. The zero-order valence-corrected chi connectivity index (χ0v) is 10.3. The number of rotatable bonds is 5. The van der Waals surface area contributed by atoms with Gasteiger partial charge in [0.1, 0.15) is 5.54 Å². The molecule has 17 heavy (non-hydrogen) atoms. The van der Waals surface area contributed by atoms with Crippen LogP contribution in [0.5, 0.6) is 0 Å². The molecule has 4 heteroatoms. The third kappa shape index (κ3) is 3.54. The zero-order chi connectivity index (χ0) is 12.9. The van der Waals surface area contributed by atoms with Gasteiger partial charge in [-0.05, 0) is 18.9 Å². The van der Waals surface area contributed by atoms with Crippen molar-refractivity contribution in [1.82, 2.24) is 5.32 Å². The zero-order valence-electron chi connectivity index (χ0n) is 10.3. The number of benzene rings is 1. The smallest absolute Gasteiger partial charge is 0.244 e. The van der Waals surface area contributed by atoms with Gasteiger partial charge in [0, 0.05) is 6.54 Å². The van der Waals surface area contributed by atoms with Gasteiger partial charge in [-0.3, -0.25) is 4.79 Å². The summed E-state index contributed by atoms with van der Waals surface area (Å²) < 4.78 is 0. The predicted molar refractivity (Wildman–Crippen MR) is 67.3 cm³/mol. The second kappa shape index (κ2) is 5.80. The highest BCUT2D eigenvalue weighted by Gasteiger charge is 2.30. The summed E-state index contributed by atoms with van der Waals surface area (Å²) in [4.78, 5) is 11.9. The first-order valence-corrected chi connectivity index (χ1v) is 5.79. The number of hydrogen-bond acceptors (Lipinski definition) is 3. The van der Waals surface area contributed by atoms with Gasteiger partial charge >= 0.3 is 0 Å². The van der Waals surface area contributed by atoms with E-state index in [4.69, 9.17) is 5.73 Å². The Hall–Kier alpha value is -1.39. The number of aliphatic hydroxyl groups is 1. The fraction of sp³-hybridized carbons (Fsp3) is 0.462. The summed E-state index contributed by atoms with van der Waals surface area (Å²) in [5.74, 6) is -0.281. The van der Waals surface area contributed by atoms with Crippen molar-refractivity contribution in [2.45, 2.75) is 31.9 Å². The summed E-state index contributed by atoms with van der Waals surface area (Å²) in [6, 6.07) is 9.19. The molecule has 94 valence electrons. The standard InChI is InChI=1S/C13H20N2O2/c1-3-11(16)9-15-12(17)13(2,14)10-7-5-4-6-8-10/h4-8,11,16H,3,9,14H2,1-2H3,(H,15,17). The van der Waals surface area contributed by atoms with E-state index in [1.807, 2.05) is 37.3 Å². The van der Waals surface area contributed by atoms with E-state index in [-0.39, 0.29) is 12.5 Å². The molecule has 0 aromatic heterocycles. The number of carbonyl (C=O) groups excluding carboxylic acids is 1. The number of aliphatic hydroxyl groups excluding tert-OH is 1. The van der Waals surface area contributed by atoms with Crippen LogP contribution in [0, 0.1) is 0 Å². The lowest BCUT2D eigenvalue weighted by atomic mass is 9.92. The van der Waals surface area contributed by atoms with Crippen LogP contribution in [0.3, 0.4) is 0 Å². The van der Waals surface area contributed by atoms with Crippen LogP contribution in [-0.4, -0.2) is 23.7 Å². The van der Waals surface area contributed by atoms with E-state index in [0.717, 1.165) is 5.56 Å². The minimum atomic E-state index is -1.07. The van der Waals surface area contributed by atoms with E-state index >= 15 is 0 Å². The summed E-state index contributed by atoms with van der Waals surface area (Å²) in [7, 11) is 0. The average molecular weight is 236 g/mol. The number of amides is 1. The molecule has 2 atom stereocenters. The highest BCUT2D eigenvalue weighted by molar-refractivity contribution is 5.86. The van der Waals surface area contributed by atoms with Gasteiger partial charge in [0.2, 0.25) is 5.91 Å². The molecule has 0 bridgehead atoms. The molecule has 0 aliphatic carbocycles. The van der Waals surface area contributed by atoms with Crippen LogP contribution in [-0.2, 0) is 10.3 Å². The summed E-state index contributed by atoms with van der Waals surface area (Å²) in [5.41, 5.74) is 5.69. The van der Waals surface area contributed by atoms with Crippen molar-refractivity contribution < 1.29 is 9.90 Å². The van der Waals surface area contributed by atoms with Gasteiger partial charge in [-0.25, -0.2) is 0 Å². The molecular formula is C13H20N2O2. The van der Waals surface area contributed by atoms with Crippen LogP contribution in [0.15, 0.2) is 30.3 Å². The lowest BCUT2D eigenvalue weighted by Crippen LogP contribution is -2.50. The Morgan fingerprint density at radius 2 is 2.06 bits per heavy atom. The maximum atomic E-state index is 11.9. The second-order valence-corrected chi connectivity index (χ2v) is 4.34. The highest BCUT2D eigenvalue weighted by Crippen LogP contribution is 2.17. The normalized spacial score (nSPS) is 16.0. The van der Waals surface area contributed by atoms with E-state index in [0.29, 0.717) is 6.42 Å². The minimum absolute atomic E-state index is 0.231. The largest absolute Gasteiger partial charge is 0.391 e. The predicted octanol–water partition coefficient (Wildman–Crippen LogP) is 0.748. The van der Waals surface area contributed by atoms with Gasteiger partial charge in [-0.1, -0.05) is 37.3 Å². The maximum absolute atomic E-state index is 11.9. The summed E-state index contributed by atoms with van der Waals surface area (Å²) in [6.07, 6.45) is 0.0814. The van der Waals surface area contributed by atoms with Crippen molar-refractivity contribution >= 4 is 5.91 Å². The first-order valence-electron chi connectivity index (χ1n) is 5.79. The molecule has 0 saturated heterocycles. The van der Waals surface area contributed by atoms with Gasteiger partial charge in [0.15, 0.2) is 0 Å². The fourth-order valence-corrected chi connectivity index (χ4v) is 1.45. The second-order valence-electron chi connectivity index (χ2n) is 4.34. The van der Waals surface area contributed by atoms with Gasteiger partial charge < -0.3 is 16.2 Å². The number of carbonyl (C=O) groups is 1. The third-order valence-corrected chi connectivity index (χ3v) is 2.81. The molecular weight excluding hydrogens is 216 g/mol. The van der Waals surface area contributed by atoms with Crippen LogP contribution < -0.4 is 11.1 Å². The van der Waals surface area contributed by atoms with Crippen molar-refractivity contribution in [3.63, 3.8) is 0 Å². The van der Waals surface area contributed by atoms with Gasteiger partial charge in [-0.15, -0.1) is 0 Å². The van der Waals surface area contributed by atoms with E-state index in [1.54, 1.807) is 6.92 Å². The average Bonchev–Trinajstić information content (AvgIpc) is 2.36. The lowest BCUT2D eigenvalue weighted by molar-refractivity contribution is -0.126. The van der Waals surface area contributed by atoms with Gasteiger partial charge in [0.25, 0.3) is 0 Å². The van der Waals surface area contributed by atoms with E-state index in [9.17, 15) is 9.90 Å². The van der Waals surface area contributed by atoms with Crippen molar-refractivity contribution in [3.8, 4) is 0 Å².